The summed E-state index contributed by atoms with van der Waals surface area (Å²) in [5, 5.41) is 5.38. The second-order valence-corrected chi connectivity index (χ2v) is 18.8. The number of hydrogen-bond acceptors (Lipinski definition) is 10. The molecule has 4 heterocycles. The third-order valence-corrected chi connectivity index (χ3v) is 15.1. The molecule has 3 aromatic carbocycles. The van der Waals surface area contributed by atoms with Gasteiger partial charge in [0.2, 0.25) is 11.8 Å². The first kappa shape index (κ1) is 44.9. The lowest BCUT2D eigenvalue weighted by Gasteiger charge is -2.49. The van der Waals surface area contributed by atoms with E-state index < -0.39 is 47.6 Å². The van der Waals surface area contributed by atoms with Crippen LogP contribution >= 0.6 is 0 Å². The van der Waals surface area contributed by atoms with E-state index in [4.69, 9.17) is 28.9 Å². The molecule has 16 nitrogen and oxygen atoms in total. The number of H-pyrrole nitrogens is 2. The largest absolute Gasteiger partial charge is 0.453 e. The Morgan fingerprint density at radius 1 is 0.773 bits per heavy atom. The van der Waals surface area contributed by atoms with Crippen LogP contribution in [-0.4, -0.2) is 119 Å². The number of benzene rings is 3. The minimum absolute atomic E-state index is 0.183. The fraction of sp³-hybridized carbons (Fsp3) is 0.480. The molecule has 5 aromatic rings. The zero-order valence-electron chi connectivity index (χ0n) is 38.9. The number of fused-ring (bicyclic) bond motifs is 6. The van der Waals surface area contributed by atoms with Crippen molar-refractivity contribution in [3.63, 3.8) is 0 Å². The molecule has 2 aromatic heterocycles. The summed E-state index contributed by atoms with van der Waals surface area (Å²) in [5.74, 6) is 1.17. The summed E-state index contributed by atoms with van der Waals surface area (Å²) in [6.07, 6.45) is 5.33. The molecule has 0 spiro atoms. The summed E-state index contributed by atoms with van der Waals surface area (Å²) in [7, 11) is 5.59. The van der Waals surface area contributed by atoms with Crippen LogP contribution in [0.3, 0.4) is 0 Å². The second kappa shape index (κ2) is 17.5. The van der Waals surface area contributed by atoms with Crippen molar-refractivity contribution < 1.29 is 38.1 Å². The Balaban J connectivity index is 0.939. The summed E-state index contributed by atoms with van der Waals surface area (Å²) in [6.45, 7) is 8.31. The van der Waals surface area contributed by atoms with Gasteiger partial charge in [0, 0.05) is 26.3 Å². The first-order chi connectivity index (χ1) is 31.7. The number of likely N-dealkylation sites (tertiary alicyclic amines) is 2. The quantitative estimate of drug-likeness (QED) is 0.0997. The highest BCUT2D eigenvalue weighted by Crippen LogP contribution is 2.59. The van der Waals surface area contributed by atoms with Crippen molar-refractivity contribution in [2.45, 2.75) is 114 Å². The normalized spacial score (nSPS) is 23.8. The first-order valence-corrected chi connectivity index (χ1v) is 22.9. The topological polar surface area (TPSA) is 193 Å². The first-order valence-electron chi connectivity index (χ1n) is 22.9. The number of aryl methyl sites for hydroxylation is 2. The third kappa shape index (κ3) is 7.66. The van der Waals surface area contributed by atoms with Gasteiger partial charge in [0.05, 0.1) is 55.4 Å². The molecule has 9 rings (SSSR count). The number of rotatable bonds is 12. The van der Waals surface area contributed by atoms with Crippen LogP contribution in [-0.2, 0) is 46.9 Å². The van der Waals surface area contributed by atoms with Crippen molar-refractivity contribution in [3.05, 3.63) is 83.6 Å². The molecule has 16 heteroatoms. The molecule has 3 fully saturated rings. The average molecular weight is 901 g/mol. The lowest BCUT2D eigenvalue weighted by atomic mass is 9.82. The Bertz CT molecular complexity index is 2700. The summed E-state index contributed by atoms with van der Waals surface area (Å²) in [5.41, 5.74) is 9.63. The van der Waals surface area contributed by atoms with E-state index in [9.17, 15) is 19.2 Å². The number of carbonyl (C=O) groups is 4. The predicted octanol–water partition coefficient (Wildman–Crippen LogP) is 7.18. The monoisotopic (exact) mass is 900 g/mol. The number of aromatic amines is 2. The number of piperidine rings is 1. The number of carbonyl (C=O) groups excluding carboxylic acids is 4. The molecular formula is C50H60N8O8. The van der Waals surface area contributed by atoms with Crippen LogP contribution in [0.2, 0.25) is 0 Å². The van der Waals surface area contributed by atoms with Gasteiger partial charge in [-0.2, -0.15) is 0 Å². The van der Waals surface area contributed by atoms with E-state index in [2.05, 4.69) is 83.0 Å². The Labute approximate surface area is 384 Å². The molecule has 4 amide bonds. The van der Waals surface area contributed by atoms with Gasteiger partial charge >= 0.3 is 12.2 Å². The van der Waals surface area contributed by atoms with Crippen LogP contribution in [0.1, 0.15) is 88.6 Å². The summed E-state index contributed by atoms with van der Waals surface area (Å²) >= 11 is 0. The Hall–Kier alpha value is -6.26. The van der Waals surface area contributed by atoms with E-state index >= 15 is 0 Å². The number of nitrogens with zero attached hydrogens (tertiary/aromatic N) is 4. The number of amides is 4. The lowest BCUT2D eigenvalue weighted by molar-refractivity contribution is -0.151. The summed E-state index contributed by atoms with van der Waals surface area (Å²) < 4.78 is 20.7. The predicted molar refractivity (Wildman–Crippen MR) is 247 cm³/mol. The Kier molecular flexibility index (Phi) is 11.9. The van der Waals surface area contributed by atoms with Gasteiger partial charge < -0.3 is 49.3 Å². The van der Waals surface area contributed by atoms with Crippen LogP contribution in [0, 0.1) is 5.92 Å². The molecule has 348 valence electrons. The molecule has 4 aliphatic rings. The number of methoxy groups -OCH3 is 4. The van der Waals surface area contributed by atoms with Gasteiger partial charge in [0.25, 0.3) is 0 Å². The highest BCUT2D eigenvalue weighted by molar-refractivity contribution is 5.89. The lowest BCUT2D eigenvalue weighted by Crippen LogP contribution is -2.63. The van der Waals surface area contributed by atoms with Crippen LogP contribution in [0.4, 0.5) is 9.59 Å². The molecule has 4 N–H and O–H groups in total. The van der Waals surface area contributed by atoms with Gasteiger partial charge in [0.15, 0.2) is 0 Å². The molecular weight excluding hydrogens is 841 g/mol. The van der Waals surface area contributed by atoms with Gasteiger partial charge in [-0.05, 0) is 136 Å². The molecule has 2 saturated heterocycles. The zero-order chi connectivity index (χ0) is 46.7. The number of nitrogens with one attached hydrogen (secondary N) is 4. The van der Waals surface area contributed by atoms with E-state index in [1.54, 1.807) is 18.7 Å². The maximum atomic E-state index is 14.6. The van der Waals surface area contributed by atoms with Gasteiger partial charge in [-0.25, -0.2) is 19.6 Å². The van der Waals surface area contributed by atoms with Crippen LogP contribution in [0.25, 0.3) is 44.5 Å². The fourth-order valence-corrected chi connectivity index (χ4v) is 11.3. The van der Waals surface area contributed by atoms with E-state index in [0.717, 1.165) is 84.2 Å². The Morgan fingerprint density at radius 2 is 1.38 bits per heavy atom. The zero-order valence-corrected chi connectivity index (χ0v) is 38.9. The molecule has 0 radical (unpaired) electrons. The highest BCUT2D eigenvalue weighted by atomic mass is 16.5. The van der Waals surface area contributed by atoms with E-state index in [1.165, 1.54) is 50.7 Å². The van der Waals surface area contributed by atoms with E-state index in [0.29, 0.717) is 12.4 Å². The van der Waals surface area contributed by atoms with Crippen molar-refractivity contribution >= 4 is 35.0 Å². The van der Waals surface area contributed by atoms with Crippen LogP contribution in [0.15, 0.2) is 60.8 Å². The van der Waals surface area contributed by atoms with Gasteiger partial charge in [-0.3, -0.25) is 9.59 Å². The third-order valence-electron chi connectivity index (χ3n) is 15.1. The van der Waals surface area contributed by atoms with Gasteiger partial charge in [-0.15, -0.1) is 0 Å². The Morgan fingerprint density at radius 3 is 2.03 bits per heavy atom. The highest BCUT2D eigenvalue weighted by Gasteiger charge is 2.64. The summed E-state index contributed by atoms with van der Waals surface area (Å²) in [4.78, 5) is 73.6. The molecule has 2 bridgehead atoms. The SMILES string of the molecule is COC(=O)N[C@H](C(=O)N1CCC[C@H]1c1ncc(-c2ccc3c(c2)CCc2cc(-c4ccc5nc([C@]6(C)[C@H]7CCC(C)(C7)N6C(=O)[C@@H](NC(=O)OC)[C@@H](C)OC)[nH]c5c4)ccc2-3)[nH]1)[C@@H](C)OC. The molecule has 8 atom stereocenters. The number of hydrogen-bond donors (Lipinski definition) is 4. The van der Waals surface area contributed by atoms with Crippen molar-refractivity contribution in [2.75, 3.05) is 35.0 Å². The van der Waals surface area contributed by atoms with Crippen LogP contribution in [0.5, 0.6) is 0 Å². The van der Waals surface area contributed by atoms with Crippen molar-refractivity contribution in [2.24, 2.45) is 5.92 Å². The average Bonchev–Trinajstić information content (AvgIpc) is 4.19. The molecule has 66 heavy (non-hydrogen) atoms. The molecule has 1 unspecified atom stereocenters. The maximum Gasteiger partial charge on any atom is 0.407 e. The smallest absolute Gasteiger partial charge is 0.407 e. The van der Waals surface area contributed by atoms with Crippen molar-refractivity contribution in [1.29, 1.82) is 0 Å². The molecule has 2 aliphatic heterocycles. The molecule has 1 saturated carbocycles. The number of alkyl carbamates (subject to hydrolysis) is 2. The van der Waals surface area contributed by atoms with Crippen molar-refractivity contribution in [3.8, 4) is 33.5 Å². The van der Waals surface area contributed by atoms with Gasteiger partial charge in [-0.1, -0.05) is 36.4 Å². The number of ether oxygens (including phenoxy) is 4. The standard InChI is InChI=1S/C50H60N8O8/c1-27(63-5)41(55-47(61)65-7)44(59)57-21-9-10-40(57)43-51-26-39(52-43)33-14-17-36-32(23-33)12-11-31-22-29(13-16-35(31)36)30-15-18-37-38(24-30)54-46(53-37)50(4)34-19-20-49(3,25-34)58(50)45(60)42(28(2)64-6)56-48(62)66-8/h13-18,22-24,26-28,34,40-42H,9-12,19-21,25H2,1-8H3,(H,51,52)(H,53,54)(H,55,61)(H,56,62)/t27-,28-,34+,40+,41+,42+,49?,50+/m1/s1. The van der Waals surface area contributed by atoms with Gasteiger partial charge in [0.1, 0.15) is 29.3 Å². The van der Waals surface area contributed by atoms with Crippen molar-refractivity contribution in [1.82, 2.24) is 40.4 Å². The fourth-order valence-electron chi connectivity index (χ4n) is 11.3. The molecule has 2 aliphatic carbocycles. The number of aromatic nitrogens is 4. The minimum Gasteiger partial charge on any atom is -0.453 e. The maximum absolute atomic E-state index is 14.6. The second-order valence-electron chi connectivity index (χ2n) is 18.8. The van der Waals surface area contributed by atoms with Crippen LogP contribution < -0.4 is 10.6 Å². The minimum atomic E-state index is -0.935. The van der Waals surface area contributed by atoms with E-state index in [-0.39, 0.29) is 23.8 Å². The summed E-state index contributed by atoms with van der Waals surface area (Å²) in [6, 6.07) is 17.5. The van der Waals surface area contributed by atoms with E-state index in [1.807, 2.05) is 17.2 Å². The number of imidazole rings is 2.